The van der Waals surface area contributed by atoms with Gasteiger partial charge in [-0.1, -0.05) is 5.11 Å². The van der Waals surface area contributed by atoms with E-state index in [0.717, 1.165) is 23.0 Å². The average Bonchev–Trinajstić information content (AvgIpc) is 3.05. The highest BCUT2D eigenvalue weighted by Gasteiger charge is 2.10. The number of anilines is 3. The molecular formula is C21H22N6O3. The fourth-order valence-corrected chi connectivity index (χ4v) is 2.68. The lowest BCUT2D eigenvalue weighted by Crippen LogP contribution is -2.25. The van der Waals surface area contributed by atoms with Gasteiger partial charge in [-0.25, -0.2) is 9.13 Å². The van der Waals surface area contributed by atoms with E-state index in [1.807, 2.05) is 72.0 Å². The maximum Gasteiger partial charge on any atom is 0.421 e. The Hall–Kier alpha value is -4.01. The molecule has 0 aliphatic heterocycles. The Labute approximate surface area is 173 Å². The molecule has 1 heterocycles. The van der Waals surface area contributed by atoms with Crippen molar-refractivity contribution in [2.75, 3.05) is 10.6 Å². The first-order valence-electron chi connectivity index (χ1n) is 9.30. The third-order valence-electron chi connectivity index (χ3n) is 4.28. The van der Waals surface area contributed by atoms with Gasteiger partial charge in [-0.15, -0.1) is 0 Å². The molecule has 0 aliphatic rings. The summed E-state index contributed by atoms with van der Waals surface area (Å²) in [4.78, 5) is 22.1. The van der Waals surface area contributed by atoms with Gasteiger partial charge in [0.05, 0.1) is 26.5 Å². The predicted octanol–water partition coefficient (Wildman–Crippen LogP) is 2.48. The van der Waals surface area contributed by atoms with E-state index in [9.17, 15) is 14.7 Å². The van der Waals surface area contributed by atoms with Crippen LogP contribution in [0.25, 0.3) is 0 Å². The number of aryl methyl sites for hydroxylation is 2. The Morgan fingerprint density at radius 1 is 0.967 bits per heavy atom. The van der Waals surface area contributed by atoms with E-state index >= 15 is 0 Å². The third-order valence-corrected chi connectivity index (χ3v) is 4.28. The maximum absolute atomic E-state index is 11.7. The minimum absolute atomic E-state index is 0.117. The molecule has 9 nitrogen and oxygen atoms in total. The van der Waals surface area contributed by atoms with E-state index in [-0.39, 0.29) is 18.7 Å². The minimum Gasteiger partial charge on any atom is -0.550 e. The Balaban J connectivity index is 1.56. The molecule has 9 heteroatoms. The van der Waals surface area contributed by atoms with Gasteiger partial charge in [0.2, 0.25) is 5.91 Å². The number of hydrogen-bond donors (Lipinski definition) is 2. The first-order valence-corrected chi connectivity index (χ1v) is 9.30. The van der Waals surface area contributed by atoms with Gasteiger partial charge in [-0.2, -0.15) is 0 Å². The molecule has 1 aromatic heterocycles. The van der Waals surface area contributed by atoms with Crippen molar-refractivity contribution in [2.45, 2.75) is 12.8 Å². The molecule has 154 valence electrons. The SMILES string of the molecule is Cn1cc[n+](C)c1N=Nc1ccc(Nc2ccc(NC(=O)CCC(=O)[O-])cc2)cc1. The quantitative estimate of drug-likeness (QED) is 0.442. The van der Waals surface area contributed by atoms with Crippen LogP contribution in [0.2, 0.25) is 0 Å². The number of nitrogens with zero attached hydrogens (tertiary/aromatic N) is 4. The summed E-state index contributed by atoms with van der Waals surface area (Å²) in [5.41, 5.74) is 3.04. The Morgan fingerprint density at radius 2 is 1.57 bits per heavy atom. The van der Waals surface area contributed by atoms with Crippen LogP contribution in [0.5, 0.6) is 0 Å². The van der Waals surface area contributed by atoms with Crippen LogP contribution in [0, 0.1) is 0 Å². The van der Waals surface area contributed by atoms with Gasteiger partial charge in [-0.05, 0) is 55.0 Å². The number of amides is 1. The summed E-state index contributed by atoms with van der Waals surface area (Å²) < 4.78 is 3.77. The molecule has 0 spiro atoms. The molecule has 0 fully saturated rings. The number of nitrogens with one attached hydrogen (secondary N) is 2. The summed E-state index contributed by atoms with van der Waals surface area (Å²) in [5.74, 6) is -0.872. The number of carbonyl (C=O) groups excluding carboxylic acids is 2. The van der Waals surface area contributed by atoms with Crippen molar-refractivity contribution < 1.29 is 19.3 Å². The number of azo groups is 1. The van der Waals surface area contributed by atoms with Crippen LogP contribution >= 0.6 is 0 Å². The van der Waals surface area contributed by atoms with Crippen molar-refractivity contribution in [3.63, 3.8) is 0 Å². The van der Waals surface area contributed by atoms with Crippen molar-refractivity contribution >= 4 is 40.6 Å². The minimum atomic E-state index is -1.24. The molecule has 3 aromatic rings. The van der Waals surface area contributed by atoms with E-state index < -0.39 is 5.97 Å². The van der Waals surface area contributed by atoms with Crippen molar-refractivity contribution in [1.82, 2.24) is 4.57 Å². The second-order valence-corrected chi connectivity index (χ2v) is 6.69. The fourth-order valence-electron chi connectivity index (χ4n) is 2.68. The largest absolute Gasteiger partial charge is 0.550 e. The second-order valence-electron chi connectivity index (χ2n) is 6.69. The van der Waals surface area contributed by atoms with E-state index in [4.69, 9.17) is 0 Å². The predicted molar refractivity (Wildman–Crippen MR) is 110 cm³/mol. The van der Waals surface area contributed by atoms with Crippen molar-refractivity contribution in [2.24, 2.45) is 24.3 Å². The lowest BCUT2D eigenvalue weighted by Gasteiger charge is -2.09. The molecule has 0 bridgehead atoms. The smallest absolute Gasteiger partial charge is 0.421 e. The van der Waals surface area contributed by atoms with Crippen molar-refractivity contribution in [1.29, 1.82) is 0 Å². The van der Waals surface area contributed by atoms with Gasteiger partial charge in [0.25, 0.3) is 0 Å². The third kappa shape index (κ3) is 5.74. The molecule has 0 saturated heterocycles. The number of carboxylic acids is 1. The summed E-state index contributed by atoms with van der Waals surface area (Å²) in [6, 6.07) is 14.6. The fraction of sp³-hybridized carbons (Fsp3) is 0.190. The van der Waals surface area contributed by atoms with Crippen LogP contribution in [0.1, 0.15) is 12.8 Å². The van der Waals surface area contributed by atoms with E-state index in [2.05, 4.69) is 20.9 Å². The molecule has 0 unspecified atom stereocenters. The second kappa shape index (κ2) is 9.46. The van der Waals surface area contributed by atoms with Gasteiger partial charge in [0.1, 0.15) is 5.69 Å². The van der Waals surface area contributed by atoms with Gasteiger partial charge in [0.15, 0.2) is 0 Å². The van der Waals surface area contributed by atoms with Gasteiger partial charge < -0.3 is 20.5 Å². The standard InChI is InChI=1S/C21H22N6O3/c1-26-13-14-27(2)21(26)25-24-18-9-7-16(8-10-18)22-15-3-5-17(6-4-15)23-19(28)11-12-20(29)30/h3-10,13-14H,11-12H2,1-2H3,(H2,23,24,28,29,30). The lowest BCUT2D eigenvalue weighted by atomic mass is 10.2. The van der Waals surface area contributed by atoms with Crippen LogP contribution in [-0.2, 0) is 23.7 Å². The number of aliphatic carboxylic acids is 1. The van der Waals surface area contributed by atoms with Crippen LogP contribution < -0.4 is 20.3 Å². The molecule has 2 aromatic carbocycles. The Bertz CT molecular complexity index is 1040. The molecule has 2 N–H and O–H groups in total. The zero-order valence-electron chi connectivity index (χ0n) is 16.7. The Kier molecular flexibility index (Phi) is 6.53. The first-order chi connectivity index (χ1) is 14.4. The zero-order chi connectivity index (χ0) is 21.5. The van der Waals surface area contributed by atoms with E-state index in [1.165, 1.54) is 0 Å². The number of hydrogen-bond acceptors (Lipinski definition) is 6. The highest BCUT2D eigenvalue weighted by Crippen LogP contribution is 2.22. The zero-order valence-corrected chi connectivity index (χ0v) is 16.7. The summed E-state index contributed by atoms with van der Waals surface area (Å²) in [6.45, 7) is 0. The highest BCUT2D eigenvalue weighted by atomic mass is 16.4. The van der Waals surface area contributed by atoms with Crippen molar-refractivity contribution in [3.05, 3.63) is 60.9 Å². The number of carbonyl (C=O) groups is 2. The van der Waals surface area contributed by atoms with Gasteiger partial charge in [0, 0.05) is 34.6 Å². The number of benzene rings is 2. The van der Waals surface area contributed by atoms with Crippen molar-refractivity contribution in [3.8, 4) is 0 Å². The van der Waals surface area contributed by atoms with Crippen LogP contribution in [0.3, 0.4) is 0 Å². The average molecular weight is 406 g/mol. The van der Waals surface area contributed by atoms with Gasteiger partial charge in [-0.3, -0.25) is 4.79 Å². The normalized spacial score (nSPS) is 10.9. The number of rotatable bonds is 8. The summed E-state index contributed by atoms with van der Waals surface area (Å²) in [7, 11) is 3.82. The summed E-state index contributed by atoms with van der Waals surface area (Å²) >= 11 is 0. The first kappa shape index (κ1) is 20.7. The molecule has 0 saturated carbocycles. The topological polar surface area (TPSA) is 115 Å². The Morgan fingerprint density at radius 3 is 2.13 bits per heavy atom. The summed E-state index contributed by atoms with van der Waals surface area (Å²) in [6.07, 6.45) is 3.40. The number of aromatic nitrogens is 2. The monoisotopic (exact) mass is 406 g/mol. The molecule has 0 atom stereocenters. The molecular weight excluding hydrogens is 384 g/mol. The van der Waals surface area contributed by atoms with E-state index in [1.54, 1.807) is 12.1 Å². The molecule has 0 radical (unpaired) electrons. The molecule has 30 heavy (non-hydrogen) atoms. The molecule has 0 aliphatic carbocycles. The van der Waals surface area contributed by atoms with Crippen LogP contribution in [-0.4, -0.2) is 16.4 Å². The van der Waals surface area contributed by atoms with Crippen LogP contribution in [0.4, 0.5) is 28.7 Å². The van der Waals surface area contributed by atoms with E-state index in [0.29, 0.717) is 5.69 Å². The highest BCUT2D eigenvalue weighted by molar-refractivity contribution is 5.92. The van der Waals surface area contributed by atoms with Gasteiger partial charge >= 0.3 is 5.95 Å². The maximum atomic E-state index is 11.7. The van der Waals surface area contributed by atoms with Crippen LogP contribution in [0.15, 0.2) is 71.2 Å². The molecule has 3 rings (SSSR count). The summed E-state index contributed by atoms with van der Waals surface area (Å²) in [5, 5.41) is 24.8. The molecule has 1 amide bonds. The lowest BCUT2D eigenvalue weighted by molar-refractivity contribution is -0.657. The number of carboxylic acid groups (broad SMARTS) is 1. The number of imidazole rings is 1.